The van der Waals surface area contributed by atoms with Gasteiger partial charge in [0, 0.05) is 11.3 Å². The molecule has 1 aromatic carbocycles. The molecule has 2 unspecified atom stereocenters. The molecule has 3 rings (SSSR count). The predicted molar refractivity (Wildman–Crippen MR) is 86.0 cm³/mol. The van der Waals surface area contributed by atoms with E-state index < -0.39 is 0 Å². The van der Waals surface area contributed by atoms with Crippen molar-refractivity contribution in [3.05, 3.63) is 52.3 Å². The third-order valence-corrected chi connectivity index (χ3v) is 4.47. The van der Waals surface area contributed by atoms with Gasteiger partial charge in [0.05, 0.1) is 17.4 Å². The number of hydrogen-bond donors (Lipinski definition) is 2. The van der Waals surface area contributed by atoms with Crippen molar-refractivity contribution in [1.29, 1.82) is 0 Å². The van der Waals surface area contributed by atoms with Crippen LogP contribution in [0, 0.1) is 20.8 Å². The maximum Gasteiger partial charge on any atom is 0.121 e. The minimum Gasteiger partial charge on any atom is -0.508 e. The van der Waals surface area contributed by atoms with Gasteiger partial charge in [-0.3, -0.25) is 4.98 Å². The number of pyridine rings is 1. The van der Waals surface area contributed by atoms with Crippen LogP contribution < -0.4 is 5.32 Å². The van der Waals surface area contributed by atoms with Crippen LogP contribution >= 0.6 is 0 Å². The maximum absolute atomic E-state index is 10.3. The number of aromatic nitrogens is 1. The summed E-state index contributed by atoms with van der Waals surface area (Å²) >= 11 is 0. The number of aryl methyl sites for hydroxylation is 3. The quantitative estimate of drug-likeness (QED) is 0.859. The number of anilines is 1. The summed E-state index contributed by atoms with van der Waals surface area (Å²) in [6.07, 6.45) is 1.00. The van der Waals surface area contributed by atoms with Crippen LogP contribution in [0.5, 0.6) is 5.75 Å². The molecule has 110 valence electrons. The van der Waals surface area contributed by atoms with Crippen molar-refractivity contribution in [2.75, 3.05) is 5.32 Å². The summed E-state index contributed by atoms with van der Waals surface area (Å²) in [5, 5.41) is 13.8. The molecule has 2 N–H and O–H groups in total. The first-order chi connectivity index (χ1) is 9.97. The number of nitrogens with zero attached hydrogens (tertiary/aromatic N) is 1. The molecule has 2 atom stereocenters. The number of benzene rings is 1. The Kier molecular flexibility index (Phi) is 3.36. The second-order valence-corrected chi connectivity index (χ2v) is 6.15. The molecule has 0 fully saturated rings. The zero-order valence-electron chi connectivity index (χ0n) is 13.1. The van der Waals surface area contributed by atoms with Crippen LogP contribution in [0.1, 0.15) is 53.4 Å². The molecule has 1 aliphatic carbocycles. The lowest BCUT2D eigenvalue weighted by Crippen LogP contribution is -2.09. The number of nitrogens with one attached hydrogen (secondary N) is 1. The lowest BCUT2D eigenvalue weighted by Gasteiger charge is -2.18. The van der Waals surface area contributed by atoms with Crippen molar-refractivity contribution in [3.63, 3.8) is 0 Å². The van der Waals surface area contributed by atoms with Crippen molar-refractivity contribution in [2.45, 2.75) is 46.1 Å². The number of aromatic hydroxyl groups is 1. The normalized spacial score (nSPS) is 20.4. The average Bonchev–Trinajstić information content (AvgIpc) is 2.75. The van der Waals surface area contributed by atoms with Crippen LogP contribution in [-0.4, -0.2) is 10.1 Å². The maximum atomic E-state index is 10.3. The molecule has 1 aromatic heterocycles. The SMILES string of the molecule is Cc1ccc(NC2CC(C)c3c(C)ccc(O)c32)c(C)n1. The summed E-state index contributed by atoms with van der Waals surface area (Å²) in [5.74, 6) is 0.860. The summed E-state index contributed by atoms with van der Waals surface area (Å²) in [6, 6.07) is 8.06. The first-order valence-corrected chi connectivity index (χ1v) is 7.50. The Morgan fingerprint density at radius 3 is 2.57 bits per heavy atom. The van der Waals surface area contributed by atoms with Gasteiger partial charge < -0.3 is 10.4 Å². The lowest BCUT2D eigenvalue weighted by molar-refractivity contribution is 0.465. The summed E-state index contributed by atoms with van der Waals surface area (Å²) in [4.78, 5) is 4.51. The Bertz CT molecular complexity index is 694. The highest BCUT2D eigenvalue weighted by Gasteiger charge is 2.32. The summed E-state index contributed by atoms with van der Waals surface area (Å²) < 4.78 is 0. The van der Waals surface area contributed by atoms with Gasteiger partial charge in [0.1, 0.15) is 5.75 Å². The molecule has 0 bridgehead atoms. The van der Waals surface area contributed by atoms with E-state index in [9.17, 15) is 5.11 Å². The Morgan fingerprint density at radius 2 is 1.86 bits per heavy atom. The molecule has 1 heterocycles. The van der Waals surface area contributed by atoms with E-state index >= 15 is 0 Å². The standard InChI is InChI=1S/C18H22N2O/c1-10-5-8-16(21)18-15(9-11(2)17(10)18)20-14-7-6-12(3)19-13(14)4/h5-8,11,15,20-21H,9H2,1-4H3. The Morgan fingerprint density at radius 1 is 1.10 bits per heavy atom. The number of phenolic OH excluding ortho intramolecular Hbond substituents is 1. The topological polar surface area (TPSA) is 45.1 Å². The first-order valence-electron chi connectivity index (χ1n) is 7.50. The molecule has 21 heavy (non-hydrogen) atoms. The molecule has 3 nitrogen and oxygen atoms in total. The van der Waals surface area contributed by atoms with Gasteiger partial charge in [-0.15, -0.1) is 0 Å². The predicted octanol–water partition coefficient (Wildman–Crippen LogP) is 4.37. The van der Waals surface area contributed by atoms with Crippen molar-refractivity contribution >= 4 is 5.69 Å². The Hall–Kier alpha value is -2.03. The van der Waals surface area contributed by atoms with Crippen LogP contribution in [0.3, 0.4) is 0 Å². The smallest absolute Gasteiger partial charge is 0.121 e. The summed E-state index contributed by atoms with van der Waals surface area (Å²) in [5.41, 5.74) is 6.69. The van der Waals surface area contributed by atoms with Crippen molar-refractivity contribution in [3.8, 4) is 5.75 Å². The fraction of sp³-hybridized carbons (Fsp3) is 0.389. The van der Waals surface area contributed by atoms with Crippen LogP contribution in [-0.2, 0) is 0 Å². The van der Waals surface area contributed by atoms with Gasteiger partial charge in [-0.2, -0.15) is 0 Å². The zero-order chi connectivity index (χ0) is 15.1. The van der Waals surface area contributed by atoms with E-state index in [1.54, 1.807) is 6.07 Å². The molecule has 0 aliphatic heterocycles. The molecule has 2 aromatic rings. The molecule has 0 radical (unpaired) electrons. The first kappa shape index (κ1) is 13.9. The second kappa shape index (κ2) is 5.06. The van der Waals surface area contributed by atoms with Gasteiger partial charge >= 0.3 is 0 Å². The van der Waals surface area contributed by atoms with Gasteiger partial charge in [-0.25, -0.2) is 0 Å². The minimum atomic E-state index is 0.151. The number of hydrogen-bond acceptors (Lipinski definition) is 3. The molecular formula is C18H22N2O. The number of rotatable bonds is 2. The van der Waals surface area contributed by atoms with E-state index in [4.69, 9.17) is 0 Å². The lowest BCUT2D eigenvalue weighted by atomic mass is 9.97. The van der Waals surface area contributed by atoms with Crippen molar-refractivity contribution in [1.82, 2.24) is 4.98 Å². The average molecular weight is 282 g/mol. The number of phenols is 1. The molecule has 0 spiro atoms. The molecule has 0 amide bonds. The Balaban J connectivity index is 1.98. The minimum absolute atomic E-state index is 0.151. The molecule has 0 saturated carbocycles. The van der Waals surface area contributed by atoms with Gasteiger partial charge in [0.25, 0.3) is 0 Å². The third kappa shape index (κ3) is 2.37. The second-order valence-electron chi connectivity index (χ2n) is 6.15. The van der Waals surface area contributed by atoms with E-state index in [2.05, 4.69) is 30.2 Å². The fourth-order valence-electron chi connectivity index (χ4n) is 3.50. The largest absolute Gasteiger partial charge is 0.508 e. The monoisotopic (exact) mass is 282 g/mol. The zero-order valence-corrected chi connectivity index (χ0v) is 13.1. The van der Waals surface area contributed by atoms with Crippen LogP contribution in [0.25, 0.3) is 0 Å². The number of fused-ring (bicyclic) bond motifs is 1. The van der Waals surface area contributed by atoms with Crippen molar-refractivity contribution < 1.29 is 5.11 Å². The van der Waals surface area contributed by atoms with E-state index in [0.717, 1.165) is 29.1 Å². The van der Waals surface area contributed by atoms with Crippen molar-refractivity contribution in [2.24, 2.45) is 0 Å². The van der Waals surface area contributed by atoms with Gasteiger partial charge in [-0.1, -0.05) is 13.0 Å². The van der Waals surface area contributed by atoms with Crippen LogP contribution in [0.4, 0.5) is 5.69 Å². The van der Waals surface area contributed by atoms with E-state index in [1.807, 2.05) is 26.0 Å². The third-order valence-electron chi connectivity index (χ3n) is 4.47. The Labute approximate surface area is 126 Å². The molecule has 3 heteroatoms. The highest BCUT2D eigenvalue weighted by Crippen LogP contribution is 2.47. The summed E-state index contributed by atoms with van der Waals surface area (Å²) in [6.45, 7) is 8.37. The van der Waals surface area contributed by atoms with Gasteiger partial charge in [-0.05, 0) is 62.4 Å². The molecular weight excluding hydrogens is 260 g/mol. The van der Waals surface area contributed by atoms with E-state index in [-0.39, 0.29) is 6.04 Å². The highest BCUT2D eigenvalue weighted by atomic mass is 16.3. The van der Waals surface area contributed by atoms with Crippen LogP contribution in [0.15, 0.2) is 24.3 Å². The molecule has 1 aliphatic rings. The summed E-state index contributed by atoms with van der Waals surface area (Å²) in [7, 11) is 0. The van der Waals surface area contributed by atoms with E-state index in [0.29, 0.717) is 11.7 Å². The van der Waals surface area contributed by atoms with E-state index in [1.165, 1.54) is 11.1 Å². The van der Waals surface area contributed by atoms with Gasteiger partial charge in [0.15, 0.2) is 0 Å². The molecule has 0 saturated heterocycles. The highest BCUT2D eigenvalue weighted by molar-refractivity contribution is 5.57. The fourth-order valence-corrected chi connectivity index (χ4v) is 3.50. The van der Waals surface area contributed by atoms with Gasteiger partial charge in [0.2, 0.25) is 0 Å². The van der Waals surface area contributed by atoms with Crippen LogP contribution in [0.2, 0.25) is 0 Å².